The summed E-state index contributed by atoms with van der Waals surface area (Å²) in [6.45, 7) is 2.31. The number of hydrogen-bond donors (Lipinski definition) is 2. The van der Waals surface area contributed by atoms with Gasteiger partial charge in [-0.05, 0) is 30.4 Å². The molecule has 3 N–H and O–H groups in total. The molecule has 2 heteroatoms. The SMILES string of the molecule is CCCCCCCCc1ccc(C[C@H](N)CO)cc1. The number of aliphatic hydroxyl groups excluding tert-OH is 1. The second-order valence-corrected chi connectivity index (χ2v) is 5.48. The van der Waals surface area contributed by atoms with Gasteiger partial charge in [-0.25, -0.2) is 0 Å². The molecule has 0 fully saturated rings. The Bertz CT molecular complexity index is 321. The van der Waals surface area contributed by atoms with E-state index in [9.17, 15) is 0 Å². The Morgan fingerprint density at radius 2 is 1.53 bits per heavy atom. The third kappa shape index (κ3) is 7.34. The number of hydrogen-bond acceptors (Lipinski definition) is 2. The van der Waals surface area contributed by atoms with Crippen molar-refractivity contribution in [3.8, 4) is 0 Å². The lowest BCUT2D eigenvalue weighted by Crippen LogP contribution is -2.26. The molecule has 0 unspecified atom stereocenters. The topological polar surface area (TPSA) is 46.2 Å². The summed E-state index contributed by atoms with van der Waals surface area (Å²) in [7, 11) is 0. The lowest BCUT2D eigenvalue weighted by Gasteiger charge is -2.08. The van der Waals surface area contributed by atoms with Crippen LogP contribution < -0.4 is 5.73 Å². The van der Waals surface area contributed by atoms with E-state index in [2.05, 4.69) is 31.2 Å². The summed E-state index contributed by atoms with van der Waals surface area (Å²) in [6.07, 6.45) is 10.0. The molecule has 19 heavy (non-hydrogen) atoms. The van der Waals surface area contributed by atoms with Gasteiger partial charge in [0.05, 0.1) is 6.61 Å². The predicted octanol–water partition coefficient (Wildman–Crippen LogP) is 3.45. The molecule has 0 aliphatic carbocycles. The third-order valence-electron chi connectivity index (χ3n) is 3.57. The van der Waals surface area contributed by atoms with E-state index in [1.54, 1.807) is 0 Å². The van der Waals surface area contributed by atoms with E-state index in [-0.39, 0.29) is 12.6 Å². The van der Waals surface area contributed by atoms with E-state index in [4.69, 9.17) is 10.8 Å². The Hall–Kier alpha value is -0.860. The van der Waals surface area contributed by atoms with E-state index in [0.717, 1.165) is 6.42 Å². The van der Waals surface area contributed by atoms with Gasteiger partial charge < -0.3 is 10.8 Å². The highest BCUT2D eigenvalue weighted by atomic mass is 16.3. The van der Waals surface area contributed by atoms with Crippen LogP contribution in [0.1, 0.15) is 56.6 Å². The van der Waals surface area contributed by atoms with Gasteiger partial charge >= 0.3 is 0 Å². The summed E-state index contributed by atoms with van der Waals surface area (Å²) >= 11 is 0. The fourth-order valence-electron chi connectivity index (χ4n) is 2.32. The van der Waals surface area contributed by atoms with Crippen LogP contribution in [0.15, 0.2) is 24.3 Å². The first kappa shape index (κ1) is 16.2. The molecule has 0 aliphatic heterocycles. The average Bonchev–Trinajstić information content (AvgIpc) is 2.44. The summed E-state index contributed by atoms with van der Waals surface area (Å²) in [6, 6.07) is 8.55. The fraction of sp³-hybridized carbons (Fsp3) is 0.647. The normalized spacial score (nSPS) is 12.6. The number of benzene rings is 1. The highest BCUT2D eigenvalue weighted by Gasteiger charge is 2.02. The third-order valence-corrected chi connectivity index (χ3v) is 3.57. The minimum Gasteiger partial charge on any atom is -0.395 e. The minimum absolute atomic E-state index is 0.0551. The number of aryl methyl sites for hydroxylation is 1. The highest BCUT2D eigenvalue weighted by Crippen LogP contribution is 2.11. The van der Waals surface area contributed by atoms with Gasteiger partial charge in [0.2, 0.25) is 0 Å². The van der Waals surface area contributed by atoms with Crippen LogP contribution in [0, 0.1) is 0 Å². The Morgan fingerprint density at radius 3 is 2.16 bits per heavy atom. The molecular formula is C17H29NO. The van der Waals surface area contributed by atoms with Gasteiger partial charge in [-0.1, -0.05) is 63.3 Å². The number of nitrogens with two attached hydrogens (primary N) is 1. The van der Waals surface area contributed by atoms with Crippen molar-refractivity contribution in [1.82, 2.24) is 0 Å². The molecule has 2 nitrogen and oxygen atoms in total. The van der Waals surface area contributed by atoms with Gasteiger partial charge in [0.1, 0.15) is 0 Å². The molecular weight excluding hydrogens is 234 g/mol. The summed E-state index contributed by atoms with van der Waals surface area (Å²) in [4.78, 5) is 0. The zero-order valence-electron chi connectivity index (χ0n) is 12.3. The number of unbranched alkanes of at least 4 members (excludes halogenated alkanes) is 5. The predicted molar refractivity (Wildman–Crippen MR) is 82.3 cm³/mol. The molecule has 0 radical (unpaired) electrons. The van der Waals surface area contributed by atoms with Crippen molar-refractivity contribution in [3.05, 3.63) is 35.4 Å². The molecule has 0 saturated carbocycles. The standard InChI is InChI=1S/C17H29NO/c1-2-3-4-5-6-7-8-15-9-11-16(12-10-15)13-17(18)14-19/h9-12,17,19H,2-8,13-14,18H2,1H3/t17-/m0/s1. The molecule has 1 atom stereocenters. The molecule has 1 rings (SSSR count). The van der Waals surface area contributed by atoms with E-state index >= 15 is 0 Å². The van der Waals surface area contributed by atoms with E-state index in [0.29, 0.717) is 0 Å². The molecule has 1 aromatic carbocycles. The van der Waals surface area contributed by atoms with Crippen molar-refractivity contribution < 1.29 is 5.11 Å². The molecule has 0 amide bonds. The van der Waals surface area contributed by atoms with Gasteiger partial charge in [-0.3, -0.25) is 0 Å². The van der Waals surface area contributed by atoms with Crippen molar-refractivity contribution in [2.45, 2.75) is 64.3 Å². The monoisotopic (exact) mass is 263 g/mol. The second kappa shape index (κ2) is 9.99. The maximum atomic E-state index is 8.93. The summed E-state index contributed by atoms with van der Waals surface area (Å²) < 4.78 is 0. The first-order valence-corrected chi connectivity index (χ1v) is 7.70. The molecule has 0 heterocycles. The van der Waals surface area contributed by atoms with E-state index in [1.807, 2.05) is 0 Å². The largest absolute Gasteiger partial charge is 0.395 e. The van der Waals surface area contributed by atoms with Gasteiger partial charge in [-0.15, -0.1) is 0 Å². The number of aliphatic hydroxyl groups is 1. The van der Waals surface area contributed by atoms with Crippen molar-refractivity contribution in [2.75, 3.05) is 6.61 Å². The van der Waals surface area contributed by atoms with Crippen molar-refractivity contribution in [3.63, 3.8) is 0 Å². The molecule has 0 aliphatic rings. The van der Waals surface area contributed by atoms with Crippen molar-refractivity contribution >= 4 is 0 Å². The van der Waals surface area contributed by atoms with Crippen molar-refractivity contribution in [2.24, 2.45) is 5.73 Å². The quantitative estimate of drug-likeness (QED) is 0.635. The smallest absolute Gasteiger partial charge is 0.0585 e. The van der Waals surface area contributed by atoms with Gasteiger partial charge in [0.15, 0.2) is 0 Å². The number of rotatable bonds is 10. The Kier molecular flexibility index (Phi) is 8.52. The zero-order chi connectivity index (χ0) is 13.9. The first-order chi connectivity index (χ1) is 9.26. The van der Waals surface area contributed by atoms with E-state index < -0.39 is 0 Å². The molecule has 0 spiro atoms. The average molecular weight is 263 g/mol. The maximum Gasteiger partial charge on any atom is 0.0585 e. The van der Waals surface area contributed by atoms with Crippen LogP contribution in [0.4, 0.5) is 0 Å². The summed E-state index contributed by atoms with van der Waals surface area (Å²) in [5.74, 6) is 0. The highest BCUT2D eigenvalue weighted by molar-refractivity contribution is 5.23. The summed E-state index contributed by atoms with van der Waals surface area (Å²) in [5.41, 5.74) is 8.36. The van der Waals surface area contributed by atoms with Crippen LogP contribution >= 0.6 is 0 Å². The maximum absolute atomic E-state index is 8.93. The van der Waals surface area contributed by atoms with Crippen LogP contribution in [0.2, 0.25) is 0 Å². The van der Waals surface area contributed by atoms with Gasteiger partial charge in [0, 0.05) is 6.04 Å². The van der Waals surface area contributed by atoms with Crippen LogP contribution in [0.5, 0.6) is 0 Å². The van der Waals surface area contributed by atoms with Gasteiger partial charge in [0.25, 0.3) is 0 Å². The minimum atomic E-state index is -0.135. The Morgan fingerprint density at radius 1 is 0.947 bits per heavy atom. The Labute approximate surface area is 118 Å². The molecule has 1 aromatic rings. The van der Waals surface area contributed by atoms with Crippen molar-refractivity contribution in [1.29, 1.82) is 0 Å². The Balaban J connectivity index is 2.21. The van der Waals surface area contributed by atoms with Crippen LogP contribution in [-0.2, 0) is 12.8 Å². The van der Waals surface area contributed by atoms with Crippen LogP contribution in [0.25, 0.3) is 0 Å². The fourth-order valence-corrected chi connectivity index (χ4v) is 2.32. The van der Waals surface area contributed by atoms with Crippen LogP contribution in [0.3, 0.4) is 0 Å². The molecule has 0 aromatic heterocycles. The zero-order valence-corrected chi connectivity index (χ0v) is 12.3. The first-order valence-electron chi connectivity index (χ1n) is 7.70. The van der Waals surface area contributed by atoms with E-state index in [1.165, 1.54) is 56.1 Å². The second-order valence-electron chi connectivity index (χ2n) is 5.48. The van der Waals surface area contributed by atoms with Gasteiger partial charge in [-0.2, -0.15) is 0 Å². The molecule has 108 valence electrons. The molecule has 0 bridgehead atoms. The van der Waals surface area contributed by atoms with Crippen LogP contribution in [-0.4, -0.2) is 17.8 Å². The molecule has 0 saturated heterocycles. The lowest BCUT2D eigenvalue weighted by molar-refractivity contribution is 0.265. The lowest BCUT2D eigenvalue weighted by atomic mass is 10.0. The summed E-state index contributed by atoms with van der Waals surface area (Å²) in [5, 5.41) is 8.93.